The number of halogens is 1. The van der Waals surface area contributed by atoms with Crippen LogP contribution in [0.5, 0.6) is 0 Å². The topological polar surface area (TPSA) is 32.3 Å². The second-order valence-corrected chi connectivity index (χ2v) is 7.35. The van der Waals surface area contributed by atoms with Crippen LogP contribution in [0.4, 0.5) is 0 Å². The van der Waals surface area contributed by atoms with Gasteiger partial charge in [-0.2, -0.15) is 0 Å². The monoisotopic (exact) mass is 362 g/mol. The zero-order chi connectivity index (χ0) is 17.4. The maximum absolute atomic E-state index is 12.1. The van der Waals surface area contributed by atoms with Crippen LogP contribution < -0.4 is 5.32 Å². The molecule has 1 amide bonds. The van der Waals surface area contributed by atoms with Crippen LogP contribution in [-0.2, 0) is 4.79 Å². The van der Waals surface area contributed by atoms with Crippen molar-refractivity contribution in [2.24, 2.45) is 0 Å². The lowest BCUT2D eigenvalue weighted by Gasteiger charge is -2.25. The molecule has 0 spiro atoms. The molecule has 128 valence electrons. The molecule has 0 aliphatic carbocycles. The van der Waals surface area contributed by atoms with Gasteiger partial charge in [-0.25, -0.2) is 0 Å². The van der Waals surface area contributed by atoms with Crippen molar-refractivity contribution >= 4 is 29.3 Å². The Hall–Kier alpha value is -1.49. The molecule has 0 heterocycles. The molecule has 0 saturated carbocycles. The van der Waals surface area contributed by atoms with E-state index < -0.39 is 0 Å². The minimum Gasteiger partial charge on any atom is -0.354 e. The average molecular weight is 363 g/mol. The highest BCUT2D eigenvalue weighted by Crippen LogP contribution is 2.21. The van der Waals surface area contributed by atoms with E-state index in [4.69, 9.17) is 11.6 Å². The zero-order valence-electron chi connectivity index (χ0n) is 14.0. The maximum atomic E-state index is 12.1. The number of hydrogen-bond donors (Lipinski definition) is 1. The van der Waals surface area contributed by atoms with Gasteiger partial charge in [0.1, 0.15) is 0 Å². The summed E-state index contributed by atoms with van der Waals surface area (Å²) >= 11 is 7.53. The third-order valence-corrected chi connectivity index (χ3v) is 4.98. The fourth-order valence-electron chi connectivity index (χ4n) is 2.37. The molecule has 0 aliphatic rings. The Balaban J connectivity index is 1.76. The van der Waals surface area contributed by atoms with E-state index in [1.807, 2.05) is 56.6 Å². The molecule has 1 N–H and O–H groups in total. The normalized spacial score (nSPS) is 12.2. The Labute approximate surface area is 153 Å². The van der Waals surface area contributed by atoms with Crippen molar-refractivity contribution in [3.63, 3.8) is 0 Å². The fraction of sp³-hybridized carbons (Fsp3) is 0.316. The molecule has 0 saturated heterocycles. The van der Waals surface area contributed by atoms with Crippen molar-refractivity contribution in [1.82, 2.24) is 10.2 Å². The average Bonchev–Trinajstić information content (AvgIpc) is 2.57. The Bertz CT molecular complexity index is 632. The third-order valence-electron chi connectivity index (χ3n) is 3.71. The summed E-state index contributed by atoms with van der Waals surface area (Å²) in [5.74, 6) is 0.838. The van der Waals surface area contributed by atoms with Gasteiger partial charge in [-0.15, -0.1) is 11.8 Å². The molecular formula is C19H23ClN2OS. The van der Waals surface area contributed by atoms with Crippen molar-refractivity contribution < 1.29 is 4.79 Å². The largest absolute Gasteiger partial charge is 0.354 e. The van der Waals surface area contributed by atoms with Crippen molar-refractivity contribution in [3.8, 4) is 0 Å². The Morgan fingerprint density at radius 2 is 1.79 bits per heavy atom. The number of likely N-dealkylation sites (N-methyl/N-ethyl adjacent to an activating group) is 1. The summed E-state index contributed by atoms with van der Waals surface area (Å²) in [5, 5.41) is 3.77. The fourth-order valence-corrected chi connectivity index (χ4v) is 3.34. The summed E-state index contributed by atoms with van der Waals surface area (Å²) in [5.41, 5.74) is 1.21. The molecule has 3 nitrogen and oxygen atoms in total. The molecule has 24 heavy (non-hydrogen) atoms. The summed E-state index contributed by atoms with van der Waals surface area (Å²) in [4.78, 5) is 15.3. The Morgan fingerprint density at radius 3 is 2.42 bits per heavy atom. The van der Waals surface area contributed by atoms with Crippen LogP contribution in [0.15, 0.2) is 59.5 Å². The van der Waals surface area contributed by atoms with Crippen LogP contribution >= 0.6 is 23.4 Å². The summed E-state index contributed by atoms with van der Waals surface area (Å²) < 4.78 is 0. The lowest BCUT2D eigenvalue weighted by molar-refractivity contribution is -0.120. The summed E-state index contributed by atoms with van der Waals surface area (Å²) in [6, 6.07) is 18.1. The highest BCUT2D eigenvalue weighted by molar-refractivity contribution is 7.99. The first kappa shape index (κ1) is 18.8. The molecule has 5 heteroatoms. The van der Waals surface area contributed by atoms with Crippen LogP contribution in [0.3, 0.4) is 0 Å². The smallest absolute Gasteiger partial charge is 0.220 e. The van der Waals surface area contributed by atoms with Crippen LogP contribution in [0.1, 0.15) is 18.0 Å². The van der Waals surface area contributed by atoms with Gasteiger partial charge in [0.15, 0.2) is 0 Å². The number of rotatable bonds is 8. The minimum atomic E-state index is 0.0826. The van der Waals surface area contributed by atoms with Crippen molar-refractivity contribution in [2.75, 3.05) is 26.4 Å². The number of carbonyl (C=O) groups is 1. The first-order chi connectivity index (χ1) is 11.6. The molecule has 0 radical (unpaired) electrons. The van der Waals surface area contributed by atoms with Gasteiger partial charge in [0.25, 0.3) is 0 Å². The molecule has 2 aromatic rings. The predicted octanol–water partition coefficient (Wildman–Crippen LogP) is 4.24. The van der Waals surface area contributed by atoms with E-state index in [0.29, 0.717) is 13.0 Å². The molecule has 1 unspecified atom stereocenters. The van der Waals surface area contributed by atoms with E-state index in [1.54, 1.807) is 11.8 Å². The highest BCUT2D eigenvalue weighted by Gasteiger charge is 2.14. The van der Waals surface area contributed by atoms with Crippen molar-refractivity contribution in [1.29, 1.82) is 0 Å². The highest BCUT2D eigenvalue weighted by atomic mass is 35.5. The number of thioether (sulfide) groups is 1. The molecule has 2 rings (SSSR count). The number of nitrogens with one attached hydrogen (secondary N) is 1. The molecule has 0 bridgehead atoms. The van der Waals surface area contributed by atoms with Gasteiger partial charge in [0.05, 0.1) is 6.04 Å². The van der Waals surface area contributed by atoms with Crippen LogP contribution in [-0.4, -0.2) is 37.2 Å². The van der Waals surface area contributed by atoms with Crippen molar-refractivity contribution in [3.05, 3.63) is 65.2 Å². The number of amides is 1. The van der Waals surface area contributed by atoms with Gasteiger partial charge in [0, 0.05) is 28.6 Å². The number of nitrogens with zero attached hydrogens (tertiary/aromatic N) is 1. The SMILES string of the molecule is CN(C)C(CNC(=O)CCSc1ccc(Cl)cc1)c1ccccc1. The summed E-state index contributed by atoms with van der Waals surface area (Å²) in [7, 11) is 4.06. The van der Waals surface area contributed by atoms with E-state index in [2.05, 4.69) is 22.3 Å². The zero-order valence-corrected chi connectivity index (χ0v) is 15.6. The second kappa shape index (κ2) is 9.72. The summed E-state index contributed by atoms with van der Waals surface area (Å²) in [6.45, 7) is 0.613. The first-order valence-corrected chi connectivity index (χ1v) is 9.29. The summed E-state index contributed by atoms with van der Waals surface area (Å²) in [6.07, 6.45) is 0.502. The van der Waals surface area contributed by atoms with E-state index in [-0.39, 0.29) is 11.9 Å². The lowest BCUT2D eigenvalue weighted by Crippen LogP contribution is -2.34. The third kappa shape index (κ3) is 6.19. The molecule has 0 fully saturated rings. The first-order valence-electron chi connectivity index (χ1n) is 7.92. The lowest BCUT2D eigenvalue weighted by atomic mass is 10.1. The van der Waals surface area contributed by atoms with E-state index >= 15 is 0 Å². The maximum Gasteiger partial charge on any atom is 0.220 e. The van der Waals surface area contributed by atoms with E-state index in [0.717, 1.165) is 15.7 Å². The van der Waals surface area contributed by atoms with Crippen LogP contribution in [0, 0.1) is 0 Å². The van der Waals surface area contributed by atoms with Gasteiger partial charge in [-0.1, -0.05) is 41.9 Å². The van der Waals surface area contributed by atoms with Crippen molar-refractivity contribution in [2.45, 2.75) is 17.4 Å². The van der Waals surface area contributed by atoms with Crippen LogP contribution in [0.25, 0.3) is 0 Å². The molecule has 2 aromatic carbocycles. The Kier molecular flexibility index (Phi) is 7.63. The number of benzene rings is 2. The van der Waals surface area contributed by atoms with Crippen LogP contribution in [0.2, 0.25) is 5.02 Å². The molecule has 1 atom stereocenters. The second-order valence-electron chi connectivity index (χ2n) is 5.75. The molecule has 0 aromatic heterocycles. The molecule has 0 aliphatic heterocycles. The minimum absolute atomic E-state index is 0.0826. The standard InChI is InChI=1S/C19H23ClN2OS/c1-22(2)18(15-6-4-3-5-7-15)14-21-19(23)12-13-24-17-10-8-16(20)9-11-17/h3-11,18H,12-14H2,1-2H3,(H,21,23). The van der Waals surface area contributed by atoms with E-state index in [1.165, 1.54) is 5.56 Å². The number of hydrogen-bond acceptors (Lipinski definition) is 3. The molecular weight excluding hydrogens is 340 g/mol. The van der Waals surface area contributed by atoms with Gasteiger partial charge in [-0.3, -0.25) is 4.79 Å². The van der Waals surface area contributed by atoms with Gasteiger partial charge in [0.2, 0.25) is 5.91 Å². The predicted molar refractivity (Wildman–Crippen MR) is 103 cm³/mol. The van der Waals surface area contributed by atoms with E-state index in [9.17, 15) is 4.79 Å². The number of carbonyl (C=O) groups excluding carboxylic acids is 1. The Morgan fingerprint density at radius 1 is 1.12 bits per heavy atom. The quantitative estimate of drug-likeness (QED) is 0.713. The van der Waals surface area contributed by atoms with Gasteiger partial charge >= 0.3 is 0 Å². The van der Waals surface area contributed by atoms with Gasteiger partial charge in [-0.05, 0) is 43.9 Å². The van der Waals surface area contributed by atoms with Gasteiger partial charge < -0.3 is 10.2 Å².